The zero-order valence-corrected chi connectivity index (χ0v) is 15.6. The molecule has 0 saturated heterocycles. The Hall–Kier alpha value is -0.0800. The Balaban J connectivity index is 2.87. The summed E-state index contributed by atoms with van der Waals surface area (Å²) in [7, 11) is 0. The lowest BCUT2D eigenvalue weighted by Gasteiger charge is -2.26. The predicted octanol–water partition coefficient (Wildman–Crippen LogP) is 4.90. The van der Waals surface area contributed by atoms with Crippen LogP contribution in [0.15, 0.2) is 12.1 Å². The van der Waals surface area contributed by atoms with E-state index in [-0.39, 0.29) is 20.8 Å². The molecule has 5 nitrogen and oxygen atoms in total. The molecule has 0 fully saturated rings. The third-order valence-electron chi connectivity index (χ3n) is 2.12. The summed E-state index contributed by atoms with van der Waals surface area (Å²) in [6, 6.07) is 2.89. The van der Waals surface area contributed by atoms with Crippen LogP contribution in [0.1, 0.15) is 0 Å². The number of carboxylic acid groups (broad SMARTS) is 1. The van der Waals surface area contributed by atoms with Crippen LogP contribution in [0, 0.1) is 0 Å². The molecule has 0 heterocycles. The number of halogens is 6. The van der Waals surface area contributed by atoms with Crippen LogP contribution >= 0.6 is 81.8 Å². The second-order valence-corrected chi connectivity index (χ2v) is 7.80. The fourth-order valence-corrected chi connectivity index (χ4v) is 2.72. The van der Waals surface area contributed by atoms with Gasteiger partial charge < -0.3 is 15.7 Å². The summed E-state index contributed by atoms with van der Waals surface area (Å²) in [5.74, 6) is 0. The molecule has 1 atom stereocenters. The van der Waals surface area contributed by atoms with Crippen molar-refractivity contribution in [3.63, 3.8) is 0 Å². The molecule has 0 aromatic heterocycles. The first-order chi connectivity index (χ1) is 10.0. The van der Waals surface area contributed by atoms with Gasteiger partial charge in [0, 0.05) is 5.02 Å². The second kappa shape index (κ2) is 8.15. The van der Waals surface area contributed by atoms with E-state index < -0.39 is 16.1 Å². The molecule has 22 heavy (non-hydrogen) atoms. The van der Waals surface area contributed by atoms with Gasteiger partial charge in [0.2, 0.25) is 3.79 Å². The van der Waals surface area contributed by atoms with Crippen LogP contribution in [0.5, 0.6) is 0 Å². The Morgan fingerprint density at radius 1 is 1.14 bits per heavy atom. The number of alkyl halides is 3. The van der Waals surface area contributed by atoms with E-state index in [0.29, 0.717) is 5.02 Å². The molecule has 1 rings (SSSR count). The first kappa shape index (κ1) is 20.0. The lowest BCUT2D eigenvalue weighted by atomic mass is 10.3. The molecule has 0 aliphatic heterocycles. The summed E-state index contributed by atoms with van der Waals surface area (Å²) in [5.41, 5.74) is 0.267. The molecule has 0 bridgehead atoms. The molecule has 0 aliphatic rings. The van der Waals surface area contributed by atoms with Crippen LogP contribution in [0.25, 0.3) is 0 Å². The number of thiocarbonyl (C=S) groups is 1. The van der Waals surface area contributed by atoms with Crippen LogP contribution in [0.3, 0.4) is 0 Å². The van der Waals surface area contributed by atoms with Crippen molar-refractivity contribution < 1.29 is 9.90 Å². The summed E-state index contributed by atoms with van der Waals surface area (Å²) in [5, 5.41) is 16.5. The maximum absolute atomic E-state index is 10.7. The van der Waals surface area contributed by atoms with Crippen LogP contribution in [0.4, 0.5) is 10.5 Å². The van der Waals surface area contributed by atoms with Crippen LogP contribution < -0.4 is 16.0 Å². The quantitative estimate of drug-likeness (QED) is 0.302. The fourth-order valence-electron chi connectivity index (χ4n) is 1.27. The number of nitrogens with one attached hydrogen (secondary N) is 3. The van der Waals surface area contributed by atoms with E-state index in [1.807, 2.05) is 5.32 Å². The molecule has 0 aliphatic carbocycles. The first-order valence-electron chi connectivity index (χ1n) is 5.29. The normalized spacial score (nSPS) is 12.5. The number of hydrogen-bond acceptors (Lipinski definition) is 2. The van der Waals surface area contributed by atoms with E-state index in [4.69, 9.17) is 86.9 Å². The van der Waals surface area contributed by atoms with Gasteiger partial charge in [-0.3, -0.25) is 5.32 Å². The number of anilines is 1. The van der Waals surface area contributed by atoms with Gasteiger partial charge in [-0.15, -0.1) is 0 Å². The summed E-state index contributed by atoms with van der Waals surface area (Å²) >= 11 is 39.7. The van der Waals surface area contributed by atoms with Crippen LogP contribution in [0.2, 0.25) is 15.1 Å². The van der Waals surface area contributed by atoms with Crippen molar-refractivity contribution >= 4 is 98.7 Å². The average molecular weight is 446 g/mol. The molecular formula is C10H7Cl6N3O2S. The summed E-state index contributed by atoms with van der Waals surface area (Å²) in [4.78, 5) is 10.7. The van der Waals surface area contributed by atoms with E-state index in [2.05, 4.69) is 10.6 Å². The highest BCUT2D eigenvalue weighted by Crippen LogP contribution is 2.34. The predicted molar refractivity (Wildman–Crippen MR) is 96.1 cm³/mol. The fraction of sp³-hybridized carbons (Fsp3) is 0.200. The molecule has 0 spiro atoms. The molecule has 0 radical (unpaired) electrons. The third-order valence-corrected chi connectivity index (χ3v) is 3.80. The summed E-state index contributed by atoms with van der Waals surface area (Å²) < 4.78 is -1.99. The Morgan fingerprint density at radius 3 is 2.05 bits per heavy atom. The monoisotopic (exact) mass is 443 g/mol. The number of carbonyl (C=O) groups is 1. The highest BCUT2D eigenvalue weighted by Gasteiger charge is 2.34. The standard InChI is InChI=1S/C10H7Cl6N3O2S/c11-3-1-4(12)6(5(13)2-3)17-8(22)18-7(10(14,15)16)19-9(20)21/h1-2,7,19H,(H,20,21)(H2,17,18,22). The van der Waals surface area contributed by atoms with Crippen LogP contribution in [-0.2, 0) is 0 Å². The van der Waals surface area contributed by atoms with Gasteiger partial charge >= 0.3 is 6.09 Å². The number of amides is 1. The Kier molecular flexibility index (Phi) is 7.39. The highest BCUT2D eigenvalue weighted by atomic mass is 35.6. The van der Waals surface area contributed by atoms with E-state index >= 15 is 0 Å². The maximum atomic E-state index is 10.7. The van der Waals surface area contributed by atoms with E-state index in [0.717, 1.165) is 0 Å². The Bertz CT molecular complexity index is 572. The van der Waals surface area contributed by atoms with Gasteiger partial charge in [0.05, 0.1) is 15.7 Å². The van der Waals surface area contributed by atoms with E-state index in [9.17, 15) is 4.79 Å². The maximum Gasteiger partial charge on any atom is 0.406 e. The molecule has 12 heteroatoms. The minimum atomic E-state index is -1.99. The van der Waals surface area contributed by atoms with E-state index in [1.165, 1.54) is 12.1 Å². The van der Waals surface area contributed by atoms with Crippen molar-refractivity contribution in [1.29, 1.82) is 0 Å². The van der Waals surface area contributed by atoms with Gasteiger partial charge in [0.1, 0.15) is 0 Å². The minimum absolute atomic E-state index is 0.0730. The van der Waals surface area contributed by atoms with Gasteiger partial charge in [-0.1, -0.05) is 69.6 Å². The molecular weight excluding hydrogens is 439 g/mol. The number of hydrogen-bond donors (Lipinski definition) is 4. The Morgan fingerprint density at radius 2 is 1.64 bits per heavy atom. The van der Waals surface area contributed by atoms with Crippen molar-refractivity contribution in [3.05, 3.63) is 27.2 Å². The van der Waals surface area contributed by atoms with Gasteiger partial charge in [0.15, 0.2) is 11.3 Å². The lowest BCUT2D eigenvalue weighted by molar-refractivity contribution is 0.189. The Labute approximate surface area is 161 Å². The van der Waals surface area contributed by atoms with Gasteiger partial charge in [0.25, 0.3) is 0 Å². The average Bonchev–Trinajstić information content (AvgIpc) is 2.31. The largest absolute Gasteiger partial charge is 0.465 e. The number of rotatable bonds is 3. The third kappa shape index (κ3) is 6.20. The molecule has 1 amide bonds. The molecule has 1 unspecified atom stereocenters. The molecule has 122 valence electrons. The summed E-state index contributed by atoms with van der Waals surface area (Å²) in [6.45, 7) is 0. The van der Waals surface area contributed by atoms with Crippen molar-refractivity contribution in [2.45, 2.75) is 9.96 Å². The second-order valence-electron chi connectivity index (χ2n) is 3.77. The zero-order valence-electron chi connectivity index (χ0n) is 10.3. The number of benzene rings is 1. The van der Waals surface area contributed by atoms with Gasteiger partial charge in [-0.05, 0) is 24.4 Å². The zero-order chi connectivity index (χ0) is 17.1. The SMILES string of the molecule is O=C(O)NC(NC(=S)Nc1c(Cl)cc(Cl)cc1Cl)C(Cl)(Cl)Cl. The molecule has 1 aromatic carbocycles. The van der Waals surface area contributed by atoms with Crippen LogP contribution in [-0.4, -0.2) is 26.3 Å². The topological polar surface area (TPSA) is 73.4 Å². The molecule has 1 aromatic rings. The lowest BCUT2D eigenvalue weighted by Crippen LogP contribution is -2.55. The van der Waals surface area contributed by atoms with Gasteiger partial charge in [-0.25, -0.2) is 4.79 Å². The summed E-state index contributed by atoms with van der Waals surface area (Å²) in [6.07, 6.45) is -2.71. The van der Waals surface area contributed by atoms with E-state index in [1.54, 1.807) is 0 Å². The van der Waals surface area contributed by atoms with Crippen molar-refractivity contribution in [3.8, 4) is 0 Å². The molecule has 0 saturated carbocycles. The highest BCUT2D eigenvalue weighted by molar-refractivity contribution is 7.80. The smallest absolute Gasteiger partial charge is 0.406 e. The van der Waals surface area contributed by atoms with Crippen molar-refractivity contribution in [2.24, 2.45) is 0 Å². The molecule has 4 N–H and O–H groups in total. The van der Waals surface area contributed by atoms with Gasteiger partial charge in [-0.2, -0.15) is 0 Å². The minimum Gasteiger partial charge on any atom is -0.465 e. The van der Waals surface area contributed by atoms with Crippen molar-refractivity contribution in [2.75, 3.05) is 5.32 Å². The first-order valence-corrected chi connectivity index (χ1v) is 7.96. The van der Waals surface area contributed by atoms with Crippen molar-refractivity contribution in [1.82, 2.24) is 10.6 Å².